The van der Waals surface area contributed by atoms with E-state index in [9.17, 15) is 9.50 Å². The second-order valence-electron chi connectivity index (χ2n) is 3.56. The number of hydrogen-bond acceptors (Lipinski definition) is 2. The van der Waals surface area contributed by atoms with Crippen LogP contribution >= 0.6 is 15.9 Å². The summed E-state index contributed by atoms with van der Waals surface area (Å²) in [6.45, 7) is 1.68. The van der Waals surface area contributed by atoms with E-state index in [0.29, 0.717) is 21.4 Å². The molecule has 1 N–H and O–H groups in total. The second kappa shape index (κ2) is 4.39. The van der Waals surface area contributed by atoms with Gasteiger partial charge in [-0.1, -0.05) is 12.1 Å². The SMILES string of the molecule is Cc1ccc(C(O)c2ccoc2Br)cc1F. The largest absolute Gasteiger partial charge is 0.457 e. The van der Waals surface area contributed by atoms with Gasteiger partial charge in [0.1, 0.15) is 11.9 Å². The molecule has 0 saturated carbocycles. The Labute approximate surface area is 101 Å². The molecule has 0 fully saturated rings. The molecule has 0 amide bonds. The lowest BCUT2D eigenvalue weighted by molar-refractivity contribution is 0.217. The number of aliphatic hydroxyl groups is 1. The zero-order chi connectivity index (χ0) is 11.7. The Morgan fingerprint density at radius 2 is 2.12 bits per heavy atom. The van der Waals surface area contributed by atoms with Crippen molar-refractivity contribution in [2.24, 2.45) is 0 Å². The Morgan fingerprint density at radius 1 is 1.38 bits per heavy atom. The Bertz CT molecular complexity index is 507. The van der Waals surface area contributed by atoms with Crippen LogP contribution in [-0.4, -0.2) is 5.11 Å². The van der Waals surface area contributed by atoms with Crippen LogP contribution in [0.1, 0.15) is 22.8 Å². The van der Waals surface area contributed by atoms with Crippen molar-refractivity contribution in [3.8, 4) is 0 Å². The lowest BCUT2D eigenvalue weighted by atomic mass is 10.0. The molecule has 1 unspecified atom stereocenters. The van der Waals surface area contributed by atoms with Gasteiger partial charge in [-0.15, -0.1) is 0 Å². The molecule has 2 aromatic rings. The van der Waals surface area contributed by atoms with Crippen molar-refractivity contribution in [1.82, 2.24) is 0 Å². The summed E-state index contributed by atoms with van der Waals surface area (Å²) in [5, 5.41) is 10.0. The molecule has 0 bridgehead atoms. The van der Waals surface area contributed by atoms with Crippen molar-refractivity contribution >= 4 is 15.9 Å². The molecular weight excluding hydrogens is 275 g/mol. The number of furan rings is 1. The number of hydrogen-bond donors (Lipinski definition) is 1. The van der Waals surface area contributed by atoms with Crippen LogP contribution in [0.2, 0.25) is 0 Å². The Morgan fingerprint density at radius 3 is 2.69 bits per heavy atom. The minimum Gasteiger partial charge on any atom is -0.457 e. The van der Waals surface area contributed by atoms with Gasteiger partial charge < -0.3 is 9.52 Å². The lowest BCUT2D eigenvalue weighted by Crippen LogP contribution is -2.00. The van der Waals surface area contributed by atoms with E-state index in [1.165, 1.54) is 12.3 Å². The van der Waals surface area contributed by atoms with Crippen LogP contribution in [0.15, 0.2) is 39.6 Å². The highest BCUT2D eigenvalue weighted by molar-refractivity contribution is 9.10. The van der Waals surface area contributed by atoms with Gasteiger partial charge in [0.25, 0.3) is 0 Å². The first-order valence-corrected chi connectivity index (χ1v) is 5.56. The highest BCUT2D eigenvalue weighted by Gasteiger charge is 2.16. The number of aryl methyl sites for hydroxylation is 1. The summed E-state index contributed by atoms with van der Waals surface area (Å²) in [4.78, 5) is 0. The fourth-order valence-corrected chi connectivity index (χ4v) is 1.91. The molecule has 1 aromatic heterocycles. The van der Waals surface area contributed by atoms with Gasteiger partial charge in [-0.25, -0.2) is 4.39 Å². The van der Waals surface area contributed by atoms with Crippen LogP contribution in [0.3, 0.4) is 0 Å². The van der Waals surface area contributed by atoms with Crippen LogP contribution < -0.4 is 0 Å². The molecule has 1 heterocycles. The van der Waals surface area contributed by atoms with Crippen molar-refractivity contribution in [1.29, 1.82) is 0 Å². The summed E-state index contributed by atoms with van der Waals surface area (Å²) in [6, 6.07) is 6.32. The second-order valence-corrected chi connectivity index (χ2v) is 4.28. The molecule has 16 heavy (non-hydrogen) atoms. The zero-order valence-electron chi connectivity index (χ0n) is 8.58. The van der Waals surface area contributed by atoms with E-state index < -0.39 is 6.10 Å². The molecule has 84 valence electrons. The van der Waals surface area contributed by atoms with E-state index in [4.69, 9.17) is 4.42 Å². The smallest absolute Gasteiger partial charge is 0.175 e. The first kappa shape index (κ1) is 11.4. The van der Waals surface area contributed by atoms with Gasteiger partial charge in [0.2, 0.25) is 0 Å². The van der Waals surface area contributed by atoms with Crippen molar-refractivity contribution in [2.75, 3.05) is 0 Å². The topological polar surface area (TPSA) is 33.4 Å². The number of benzene rings is 1. The molecule has 0 radical (unpaired) electrons. The molecule has 2 rings (SSSR count). The first-order chi connectivity index (χ1) is 7.59. The van der Waals surface area contributed by atoms with E-state index in [1.54, 1.807) is 25.1 Å². The summed E-state index contributed by atoms with van der Waals surface area (Å²) >= 11 is 3.18. The lowest BCUT2D eigenvalue weighted by Gasteiger charge is -2.10. The average molecular weight is 285 g/mol. The first-order valence-electron chi connectivity index (χ1n) is 4.76. The highest BCUT2D eigenvalue weighted by Crippen LogP contribution is 2.29. The maximum absolute atomic E-state index is 13.3. The molecule has 0 spiro atoms. The summed E-state index contributed by atoms with van der Waals surface area (Å²) < 4.78 is 18.8. The molecular formula is C12H10BrFO2. The number of rotatable bonds is 2. The van der Waals surface area contributed by atoms with Gasteiger partial charge in [0, 0.05) is 5.56 Å². The molecule has 0 saturated heterocycles. The van der Waals surface area contributed by atoms with Crippen molar-refractivity contribution in [3.63, 3.8) is 0 Å². The van der Waals surface area contributed by atoms with Crippen LogP contribution in [0.4, 0.5) is 4.39 Å². The summed E-state index contributed by atoms with van der Waals surface area (Å²) in [7, 11) is 0. The van der Waals surface area contributed by atoms with E-state index >= 15 is 0 Å². The summed E-state index contributed by atoms with van der Waals surface area (Å²) in [5.41, 5.74) is 1.65. The molecule has 0 aliphatic rings. The van der Waals surface area contributed by atoms with Gasteiger partial charge in [-0.2, -0.15) is 0 Å². The molecule has 4 heteroatoms. The van der Waals surface area contributed by atoms with Gasteiger partial charge in [-0.05, 0) is 46.1 Å². The maximum Gasteiger partial charge on any atom is 0.175 e. The predicted molar refractivity (Wildman–Crippen MR) is 61.6 cm³/mol. The van der Waals surface area contributed by atoms with Crippen molar-refractivity contribution in [3.05, 3.63) is 57.7 Å². The van der Waals surface area contributed by atoms with Gasteiger partial charge in [0.15, 0.2) is 4.67 Å². The minimum atomic E-state index is -0.886. The fraction of sp³-hybridized carbons (Fsp3) is 0.167. The molecule has 0 aliphatic carbocycles. The van der Waals surface area contributed by atoms with Crippen LogP contribution in [0.5, 0.6) is 0 Å². The van der Waals surface area contributed by atoms with Crippen LogP contribution in [0, 0.1) is 12.7 Å². The van der Waals surface area contributed by atoms with Crippen molar-refractivity contribution in [2.45, 2.75) is 13.0 Å². The average Bonchev–Trinajstić information content (AvgIpc) is 2.67. The summed E-state index contributed by atoms with van der Waals surface area (Å²) in [6.07, 6.45) is 0.580. The van der Waals surface area contributed by atoms with E-state index in [1.807, 2.05) is 0 Å². The highest BCUT2D eigenvalue weighted by atomic mass is 79.9. The van der Waals surface area contributed by atoms with Gasteiger partial charge >= 0.3 is 0 Å². The zero-order valence-corrected chi connectivity index (χ0v) is 10.2. The van der Waals surface area contributed by atoms with Gasteiger partial charge in [-0.3, -0.25) is 0 Å². The predicted octanol–water partition coefficient (Wildman–Crippen LogP) is 3.57. The van der Waals surface area contributed by atoms with E-state index in [0.717, 1.165) is 0 Å². The maximum atomic E-state index is 13.3. The quantitative estimate of drug-likeness (QED) is 0.915. The molecule has 1 aromatic carbocycles. The van der Waals surface area contributed by atoms with Crippen molar-refractivity contribution < 1.29 is 13.9 Å². The standard InChI is InChI=1S/C12H10BrFO2/c1-7-2-3-8(6-10(7)14)11(15)9-4-5-16-12(9)13/h2-6,11,15H,1H3. The fourth-order valence-electron chi connectivity index (χ4n) is 1.46. The number of aliphatic hydroxyl groups excluding tert-OH is 1. The Hall–Kier alpha value is -1.13. The molecule has 1 atom stereocenters. The summed E-state index contributed by atoms with van der Waals surface area (Å²) in [5.74, 6) is -0.323. The Balaban J connectivity index is 2.38. The molecule has 2 nitrogen and oxygen atoms in total. The van der Waals surface area contributed by atoms with Gasteiger partial charge in [0.05, 0.1) is 6.26 Å². The van der Waals surface area contributed by atoms with E-state index in [-0.39, 0.29) is 5.82 Å². The van der Waals surface area contributed by atoms with Crippen LogP contribution in [-0.2, 0) is 0 Å². The third kappa shape index (κ3) is 2.03. The normalized spacial score (nSPS) is 12.8. The van der Waals surface area contributed by atoms with Crippen LogP contribution in [0.25, 0.3) is 0 Å². The monoisotopic (exact) mass is 284 g/mol. The minimum absolute atomic E-state index is 0.323. The molecule has 0 aliphatic heterocycles. The Kier molecular flexibility index (Phi) is 3.12. The van der Waals surface area contributed by atoms with E-state index in [2.05, 4.69) is 15.9 Å². The third-order valence-electron chi connectivity index (χ3n) is 2.45. The number of halogens is 2. The third-order valence-corrected chi connectivity index (χ3v) is 3.10.